The average Bonchev–Trinajstić information content (AvgIpc) is 2.76. The first-order chi connectivity index (χ1) is 8.70. The number of nitrogens with zero attached hydrogens (tertiary/aromatic N) is 1. The highest BCUT2D eigenvalue weighted by atomic mass is 19.1. The molecule has 2 rings (SSSR count). The SMILES string of the molecule is CCCNC(c1cncc(F)c1)C1CCC(C)O1. The zero-order chi connectivity index (χ0) is 13.0. The van der Waals surface area contributed by atoms with Crippen LogP contribution in [0.25, 0.3) is 0 Å². The van der Waals surface area contributed by atoms with Gasteiger partial charge in [-0.15, -0.1) is 0 Å². The quantitative estimate of drug-likeness (QED) is 0.875. The van der Waals surface area contributed by atoms with E-state index < -0.39 is 0 Å². The van der Waals surface area contributed by atoms with Crippen molar-refractivity contribution in [2.45, 2.75) is 51.4 Å². The molecule has 100 valence electrons. The Bertz CT molecular complexity index is 386. The summed E-state index contributed by atoms with van der Waals surface area (Å²) < 4.78 is 19.2. The molecule has 3 unspecified atom stereocenters. The number of aromatic nitrogens is 1. The fourth-order valence-corrected chi connectivity index (χ4v) is 2.44. The maximum Gasteiger partial charge on any atom is 0.141 e. The fourth-order valence-electron chi connectivity index (χ4n) is 2.44. The third kappa shape index (κ3) is 3.27. The lowest BCUT2D eigenvalue weighted by Gasteiger charge is -2.25. The first-order valence-electron chi connectivity index (χ1n) is 6.70. The molecule has 1 aliphatic rings. The summed E-state index contributed by atoms with van der Waals surface area (Å²) in [5, 5.41) is 3.44. The Morgan fingerprint density at radius 3 is 2.94 bits per heavy atom. The van der Waals surface area contributed by atoms with Gasteiger partial charge in [-0.1, -0.05) is 6.92 Å². The van der Waals surface area contributed by atoms with E-state index in [1.165, 1.54) is 6.20 Å². The lowest BCUT2D eigenvalue weighted by molar-refractivity contribution is 0.0315. The number of nitrogens with one attached hydrogen (secondary N) is 1. The summed E-state index contributed by atoms with van der Waals surface area (Å²) in [6, 6.07) is 1.59. The van der Waals surface area contributed by atoms with E-state index in [2.05, 4.69) is 24.1 Å². The molecule has 1 N–H and O–H groups in total. The third-order valence-electron chi connectivity index (χ3n) is 3.34. The third-order valence-corrected chi connectivity index (χ3v) is 3.34. The predicted molar refractivity (Wildman–Crippen MR) is 68.8 cm³/mol. The zero-order valence-corrected chi connectivity index (χ0v) is 11.0. The second-order valence-corrected chi connectivity index (χ2v) is 4.93. The van der Waals surface area contributed by atoms with E-state index >= 15 is 0 Å². The topological polar surface area (TPSA) is 34.2 Å². The van der Waals surface area contributed by atoms with Crippen molar-refractivity contribution < 1.29 is 9.13 Å². The van der Waals surface area contributed by atoms with Gasteiger partial charge in [-0.3, -0.25) is 4.98 Å². The molecule has 1 saturated heterocycles. The summed E-state index contributed by atoms with van der Waals surface area (Å²) in [6.45, 7) is 5.10. The van der Waals surface area contributed by atoms with Crippen LogP contribution in [0.15, 0.2) is 18.5 Å². The minimum atomic E-state index is -0.290. The Labute approximate surface area is 108 Å². The number of hydrogen-bond acceptors (Lipinski definition) is 3. The molecule has 0 radical (unpaired) electrons. The van der Waals surface area contributed by atoms with Gasteiger partial charge in [-0.25, -0.2) is 4.39 Å². The van der Waals surface area contributed by atoms with Gasteiger partial charge >= 0.3 is 0 Å². The maximum atomic E-state index is 13.3. The van der Waals surface area contributed by atoms with Crippen molar-refractivity contribution in [1.29, 1.82) is 0 Å². The normalized spacial score (nSPS) is 25.3. The first-order valence-corrected chi connectivity index (χ1v) is 6.70. The monoisotopic (exact) mass is 252 g/mol. The largest absolute Gasteiger partial charge is 0.373 e. The van der Waals surface area contributed by atoms with Crippen LogP contribution in [0.3, 0.4) is 0 Å². The Morgan fingerprint density at radius 1 is 1.50 bits per heavy atom. The Morgan fingerprint density at radius 2 is 2.33 bits per heavy atom. The van der Waals surface area contributed by atoms with E-state index in [9.17, 15) is 4.39 Å². The van der Waals surface area contributed by atoms with Crippen molar-refractivity contribution >= 4 is 0 Å². The van der Waals surface area contributed by atoms with Crippen molar-refractivity contribution in [3.05, 3.63) is 29.8 Å². The Balaban J connectivity index is 2.14. The van der Waals surface area contributed by atoms with Crippen molar-refractivity contribution in [3.8, 4) is 0 Å². The van der Waals surface area contributed by atoms with Crippen LogP contribution in [0.2, 0.25) is 0 Å². The molecule has 0 bridgehead atoms. The lowest BCUT2D eigenvalue weighted by Crippen LogP contribution is -2.32. The summed E-state index contributed by atoms with van der Waals surface area (Å²) >= 11 is 0. The molecule has 18 heavy (non-hydrogen) atoms. The summed E-state index contributed by atoms with van der Waals surface area (Å²) in [4.78, 5) is 3.93. The van der Waals surface area contributed by atoms with Crippen LogP contribution in [0, 0.1) is 5.82 Å². The molecule has 4 heteroatoms. The molecule has 3 nitrogen and oxygen atoms in total. The predicted octanol–water partition coefficient (Wildman–Crippen LogP) is 2.83. The number of hydrogen-bond donors (Lipinski definition) is 1. The molecule has 0 aromatic carbocycles. The van der Waals surface area contributed by atoms with Crippen molar-refractivity contribution in [1.82, 2.24) is 10.3 Å². The molecule has 0 amide bonds. The molecular formula is C14H21FN2O. The molecule has 0 aliphatic carbocycles. The average molecular weight is 252 g/mol. The highest BCUT2D eigenvalue weighted by molar-refractivity contribution is 5.17. The van der Waals surface area contributed by atoms with Crippen molar-refractivity contribution in [3.63, 3.8) is 0 Å². The molecule has 2 heterocycles. The van der Waals surface area contributed by atoms with Crippen LogP contribution in [0.1, 0.15) is 44.7 Å². The van der Waals surface area contributed by atoms with Gasteiger partial charge in [-0.05, 0) is 44.4 Å². The summed E-state index contributed by atoms with van der Waals surface area (Å²) in [5.41, 5.74) is 0.877. The van der Waals surface area contributed by atoms with Gasteiger partial charge in [-0.2, -0.15) is 0 Å². The number of halogens is 1. The second-order valence-electron chi connectivity index (χ2n) is 4.93. The van der Waals surface area contributed by atoms with Crippen LogP contribution in [0.4, 0.5) is 4.39 Å². The van der Waals surface area contributed by atoms with Gasteiger partial charge in [0.2, 0.25) is 0 Å². The maximum absolute atomic E-state index is 13.3. The van der Waals surface area contributed by atoms with E-state index in [-0.39, 0.29) is 18.0 Å². The lowest BCUT2D eigenvalue weighted by atomic mass is 10.0. The number of pyridine rings is 1. The first kappa shape index (κ1) is 13.4. The van der Waals surface area contributed by atoms with Gasteiger partial charge in [0, 0.05) is 6.20 Å². The van der Waals surface area contributed by atoms with Gasteiger partial charge in [0.1, 0.15) is 5.82 Å². The van der Waals surface area contributed by atoms with Crippen LogP contribution in [0.5, 0.6) is 0 Å². The van der Waals surface area contributed by atoms with Crippen LogP contribution in [-0.4, -0.2) is 23.7 Å². The molecule has 0 spiro atoms. The van der Waals surface area contributed by atoms with Gasteiger partial charge in [0.15, 0.2) is 0 Å². The van der Waals surface area contributed by atoms with Gasteiger partial charge < -0.3 is 10.1 Å². The smallest absolute Gasteiger partial charge is 0.141 e. The van der Waals surface area contributed by atoms with E-state index in [1.807, 2.05) is 0 Å². The zero-order valence-electron chi connectivity index (χ0n) is 11.0. The minimum Gasteiger partial charge on any atom is -0.373 e. The molecule has 1 aromatic heterocycles. The number of rotatable bonds is 5. The fraction of sp³-hybridized carbons (Fsp3) is 0.643. The molecular weight excluding hydrogens is 231 g/mol. The summed E-state index contributed by atoms with van der Waals surface area (Å²) in [6.07, 6.45) is 6.50. The second kappa shape index (κ2) is 6.25. The molecule has 1 fully saturated rings. The molecule has 1 aromatic rings. The highest BCUT2D eigenvalue weighted by Crippen LogP contribution is 2.30. The van der Waals surface area contributed by atoms with Gasteiger partial charge in [0.25, 0.3) is 0 Å². The van der Waals surface area contributed by atoms with Gasteiger partial charge in [0.05, 0.1) is 24.4 Å². The Hall–Kier alpha value is -1.00. The standard InChI is InChI=1S/C14H21FN2O/c1-3-6-17-14(13-5-4-10(2)18-13)11-7-12(15)9-16-8-11/h7-10,13-14,17H,3-6H2,1-2H3. The van der Waals surface area contributed by atoms with E-state index in [0.29, 0.717) is 6.10 Å². The van der Waals surface area contributed by atoms with E-state index in [1.54, 1.807) is 12.3 Å². The van der Waals surface area contributed by atoms with E-state index in [0.717, 1.165) is 31.4 Å². The van der Waals surface area contributed by atoms with Crippen molar-refractivity contribution in [2.24, 2.45) is 0 Å². The highest BCUT2D eigenvalue weighted by Gasteiger charge is 2.30. The van der Waals surface area contributed by atoms with Crippen LogP contribution >= 0.6 is 0 Å². The molecule has 1 aliphatic heterocycles. The Kier molecular flexibility index (Phi) is 4.66. The summed E-state index contributed by atoms with van der Waals surface area (Å²) in [5.74, 6) is -0.290. The van der Waals surface area contributed by atoms with Crippen LogP contribution in [-0.2, 0) is 4.74 Å². The minimum absolute atomic E-state index is 0.0399. The molecule has 0 saturated carbocycles. The molecule has 3 atom stereocenters. The number of ether oxygens (including phenoxy) is 1. The van der Waals surface area contributed by atoms with Crippen LogP contribution < -0.4 is 5.32 Å². The van der Waals surface area contributed by atoms with Crippen molar-refractivity contribution in [2.75, 3.05) is 6.54 Å². The van der Waals surface area contributed by atoms with E-state index in [4.69, 9.17) is 4.74 Å². The summed E-state index contributed by atoms with van der Waals surface area (Å²) in [7, 11) is 0.